The fraction of sp³-hybridized carbons (Fsp3) is 0.273. The van der Waals surface area contributed by atoms with Crippen LogP contribution in [0.3, 0.4) is 0 Å². The molecule has 0 aromatic heterocycles. The van der Waals surface area contributed by atoms with E-state index in [0.717, 1.165) is 6.07 Å². The van der Waals surface area contributed by atoms with Crippen LogP contribution in [0.5, 0.6) is 0 Å². The summed E-state index contributed by atoms with van der Waals surface area (Å²) in [5.74, 6) is -3.38. The van der Waals surface area contributed by atoms with Crippen LogP contribution in [0.1, 0.15) is 12.5 Å². The Labute approximate surface area is 90.9 Å². The second-order valence-corrected chi connectivity index (χ2v) is 4.09. The van der Waals surface area contributed by atoms with Crippen LogP contribution < -0.4 is 11.1 Å². The van der Waals surface area contributed by atoms with E-state index in [1.54, 1.807) is 13.0 Å². The molecule has 0 amide bonds. The van der Waals surface area contributed by atoms with Crippen molar-refractivity contribution in [1.82, 2.24) is 5.32 Å². The van der Waals surface area contributed by atoms with E-state index in [9.17, 15) is 13.2 Å². The maximum atomic E-state index is 13.6. The molecule has 0 aliphatic carbocycles. The molecule has 16 heavy (non-hydrogen) atoms. The quantitative estimate of drug-likeness (QED) is 0.719. The van der Waals surface area contributed by atoms with E-state index >= 15 is 0 Å². The van der Waals surface area contributed by atoms with Crippen molar-refractivity contribution in [1.29, 1.82) is 0 Å². The van der Waals surface area contributed by atoms with Gasteiger partial charge in [-0.15, -0.1) is 0 Å². The van der Waals surface area contributed by atoms with Crippen molar-refractivity contribution in [3.63, 3.8) is 0 Å². The largest absolute Gasteiger partial charge is 0.386 e. The summed E-state index contributed by atoms with van der Waals surface area (Å²) in [5.41, 5.74) is 4.87. The summed E-state index contributed by atoms with van der Waals surface area (Å²) in [5, 5.41) is 2.83. The molecule has 1 heterocycles. The molecule has 5 heteroatoms. The van der Waals surface area contributed by atoms with E-state index in [1.807, 2.05) is 0 Å². The molecule has 1 aliphatic rings. The van der Waals surface area contributed by atoms with Gasteiger partial charge in [-0.2, -0.15) is 0 Å². The second kappa shape index (κ2) is 3.43. The third kappa shape index (κ3) is 1.52. The maximum absolute atomic E-state index is 13.6. The molecule has 1 unspecified atom stereocenters. The van der Waals surface area contributed by atoms with Crippen molar-refractivity contribution in [2.75, 3.05) is 6.54 Å². The van der Waals surface area contributed by atoms with Crippen LogP contribution in [0.25, 0.3) is 0 Å². The molecule has 0 saturated carbocycles. The third-order valence-corrected chi connectivity index (χ3v) is 2.78. The minimum absolute atomic E-state index is 0.0966. The summed E-state index contributed by atoms with van der Waals surface area (Å²) in [6, 6.07) is 2.16. The molecule has 1 aliphatic heterocycles. The first-order chi connectivity index (χ1) is 7.44. The SMILES string of the molecule is CC1(c2ccc(F)c(F)c2F)C=C(N)NC1. The molecule has 0 saturated heterocycles. The molecule has 1 aromatic carbocycles. The Morgan fingerprint density at radius 3 is 2.50 bits per heavy atom. The van der Waals surface area contributed by atoms with Crippen molar-refractivity contribution in [3.05, 3.63) is 47.0 Å². The van der Waals surface area contributed by atoms with Crippen LogP contribution in [-0.4, -0.2) is 6.54 Å². The monoisotopic (exact) mass is 228 g/mol. The standard InChI is InChI=1S/C11H11F3N2/c1-11(4-8(15)16-5-11)6-2-3-7(12)10(14)9(6)13/h2-4,16H,5,15H2,1H3. The Hall–Kier alpha value is -1.65. The summed E-state index contributed by atoms with van der Waals surface area (Å²) in [6.45, 7) is 2.07. The first-order valence-electron chi connectivity index (χ1n) is 4.80. The van der Waals surface area contributed by atoms with Gasteiger partial charge in [0.05, 0.1) is 5.82 Å². The van der Waals surface area contributed by atoms with Crippen molar-refractivity contribution in [2.45, 2.75) is 12.3 Å². The van der Waals surface area contributed by atoms with Crippen LogP contribution in [0.4, 0.5) is 13.2 Å². The number of rotatable bonds is 1. The molecule has 2 nitrogen and oxygen atoms in total. The van der Waals surface area contributed by atoms with Crippen LogP contribution in [0, 0.1) is 17.5 Å². The highest BCUT2D eigenvalue weighted by Gasteiger charge is 2.33. The average molecular weight is 228 g/mol. The van der Waals surface area contributed by atoms with E-state index in [0.29, 0.717) is 12.4 Å². The summed E-state index contributed by atoms with van der Waals surface area (Å²) in [6.07, 6.45) is 1.60. The molecule has 2 rings (SSSR count). The summed E-state index contributed by atoms with van der Waals surface area (Å²) in [4.78, 5) is 0. The van der Waals surface area contributed by atoms with Crippen molar-refractivity contribution in [2.24, 2.45) is 5.73 Å². The molecule has 0 fully saturated rings. The first-order valence-corrected chi connectivity index (χ1v) is 4.80. The third-order valence-electron chi connectivity index (χ3n) is 2.78. The van der Waals surface area contributed by atoms with Gasteiger partial charge >= 0.3 is 0 Å². The van der Waals surface area contributed by atoms with Gasteiger partial charge in [-0.3, -0.25) is 0 Å². The minimum Gasteiger partial charge on any atom is -0.386 e. The van der Waals surface area contributed by atoms with Crippen LogP contribution >= 0.6 is 0 Å². The van der Waals surface area contributed by atoms with E-state index < -0.39 is 22.9 Å². The molecule has 1 atom stereocenters. The molecule has 1 aromatic rings. The molecular weight excluding hydrogens is 217 g/mol. The Balaban J connectivity index is 2.54. The molecule has 0 radical (unpaired) electrons. The zero-order valence-electron chi connectivity index (χ0n) is 8.65. The lowest BCUT2D eigenvalue weighted by atomic mass is 9.83. The van der Waals surface area contributed by atoms with Gasteiger partial charge in [-0.25, -0.2) is 13.2 Å². The summed E-state index contributed by atoms with van der Waals surface area (Å²) >= 11 is 0. The highest BCUT2D eigenvalue weighted by molar-refractivity contribution is 5.36. The van der Waals surface area contributed by atoms with Gasteiger partial charge in [0.15, 0.2) is 17.5 Å². The smallest absolute Gasteiger partial charge is 0.194 e. The van der Waals surface area contributed by atoms with Gasteiger partial charge in [0, 0.05) is 17.5 Å². The summed E-state index contributed by atoms with van der Waals surface area (Å²) in [7, 11) is 0. The fourth-order valence-corrected chi connectivity index (χ4v) is 1.87. The summed E-state index contributed by atoms with van der Waals surface area (Å²) < 4.78 is 39.4. The van der Waals surface area contributed by atoms with Crippen molar-refractivity contribution >= 4 is 0 Å². The van der Waals surface area contributed by atoms with Gasteiger partial charge in [-0.1, -0.05) is 13.0 Å². The number of nitrogens with one attached hydrogen (secondary N) is 1. The number of hydrogen-bond donors (Lipinski definition) is 2. The Morgan fingerprint density at radius 1 is 1.25 bits per heavy atom. The zero-order chi connectivity index (χ0) is 11.9. The van der Waals surface area contributed by atoms with Gasteiger partial charge < -0.3 is 11.1 Å². The predicted octanol–water partition coefficient (Wildman–Crippen LogP) is 1.76. The molecule has 3 N–H and O–H groups in total. The van der Waals surface area contributed by atoms with Gasteiger partial charge in [0.1, 0.15) is 0 Å². The fourth-order valence-electron chi connectivity index (χ4n) is 1.87. The zero-order valence-corrected chi connectivity index (χ0v) is 8.65. The van der Waals surface area contributed by atoms with E-state index in [-0.39, 0.29) is 5.56 Å². The Bertz CT molecular complexity index is 471. The van der Waals surface area contributed by atoms with Gasteiger partial charge in [-0.05, 0) is 12.1 Å². The van der Waals surface area contributed by atoms with Gasteiger partial charge in [0.25, 0.3) is 0 Å². The number of halogens is 3. The molecule has 86 valence electrons. The lowest BCUT2D eigenvalue weighted by Gasteiger charge is -2.22. The predicted molar refractivity (Wildman–Crippen MR) is 53.9 cm³/mol. The highest BCUT2D eigenvalue weighted by Crippen LogP contribution is 2.32. The second-order valence-electron chi connectivity index (χ2n) is 4.09. The normalized spacial score (nSPS) is 24.1. The van der Waals surface area contributed by atoms with E-state index in [2.05, 4.69) is 5.32 Å². The van der Waals surface area contributed by atoms with Crippen LogP contribution in [0.2, 0.25) is 0 Å². The van der Waals surface area contributed by atoms with Crippen LogP contribution in [0.15, 0.2) is 24.0 Å². The van der Waals surface area contributed by atoms with Gasteiger partial charge in [0.2, 0.25) is 0 Å². The van der Waals surface area contributed by atoms with Crippen molar-refractivity contribution in [3.8, 4) is 0 Å². The van der Waals surface area contributed by atoms with Crippen molar-refractivity contribution < 1.29 is 13.2 Å². The average Bonchev–Trinajstić information content (AvgIpc) is 2.56. The first kappa shape index (κ1) is 10.9. The Morgan fingerprint density at radius 2 is 1.94 bits per heavy atom. The molecular formula is C11H11F3N2. The lowest BCUT2D eigenvalue weighted by Crippen LogP contribution is -2.28. The topological polar surface area (TPSA) is 38.0 Å². The minimum atomic E-state index is -1.45. The number of nitrogens with two attached hydrogens (primary N) is 1. The van der Waals surface area contributed by atoms with E-state index in [4.69, 9.17) is 5.73 Å². The van der Waals surface area contributed by atoms with Crippen LogP contribution in [-0.2, 0) is 5.41 Å². The van der Waals surface area contributed by atoms with E-state index in [1.165, 1.54) is 6.07 Å². The molecule has 0 spiro atoms. The highest BCUT2D eigenvalue weighted by atomic mass is 19.2. The molecule has 0 bridgehead atoms. The number of benzene rings is 1. The lowest BCUT2D eigenvalue weighted by molar-refractivity contribution is 0.427. The Kier molecular flexibility index (Phi) is 2.33. The number of hydrogen-bond acceptors (Lipinski definition) is 2. The maximum Gasteiger partial charge on any atom is 0.194 e.